The summed E-state index contributed by atoms with van der Waals surface area (Å²) in [4.78, 5) is 12.2. The van der Waals surface area contributed by atoms with Crippen LogP contribution in [0.25, 0.3) is 0 Å². The van der Waals surface area contributed by atoms with Gasteiger partial charge in [0.05, 0.1) is 5.56 Å². The van der Waals surface area contributed by atoms with Crippen molar-refractivity contribution in [3.05, 3.63) is 29.3 Å². The van der Waals surface area contributed by atoms with E-state index >= 15 is 0 Å². The molecular formula is C15H21NO2. The lowest BCUT2D eigenvalue weighted by Gasteiger charge is -2.29. The Bertz CT molecular complexity index is 442. The zero-order chi connectivity index (χ0) is 13.1. The molecule has 1 aliphatic rings. The van der Waals surface area contributed by atoms with E-state index in [1.54, 1.807) is 18.2 Å². The van der Waals surface area contributed by atoms with Crippen LogP contribution < -0.4 is 5.32 Å². The van der Waals surface area contributed by atoms with Gasteiger partial charge >= 0.3 is 0 Å². The molecule has 2 N–H and O–H groups in total. The Hall–Kier alpha value is -1.51. The first-order valence-electron chi connectivity index (χ1n) is 6.68. The number of aromatic hydroxyl groups is 1. The summed E-state index contributed by atoms with van der Waals surface area (Å²) < 4.78 is 0. The van der Waals surface area contributed by atoms with Crippen LogP contribution in [0.1, 0.15) is 48.5 Å². The van der Waals surface area contributed by atoms with Crippen molar-refractivity contribution in [2.45, 2.75) is 45.6 Å². The Balaban J connectivity index is 2.09. The van der Waals surface area contributed by atoms with Crippen LogP contribution in [0.5, 0.6) is 5.75 Å². The molecule has 3 heteroatoms. The van der Waals surface area contributed by atoms with Crippen molar-refractivity contribution in [3.63, 3.8) is 0 Å². The van der Waals surface area contributed by atoms with E-state index in [1.165, 1.54) is 19.3 Å². The maximum absolute atomic E-state index is 12.2. The molecule has 0 aliphatic heterocycles. The normalized spacial score (nSPS) is 23.7. The number of carbonyl (C=O) groups is 1. The zero-order valence-electron chi connectivity index (χ0n) is 11.1. The van der Waals surface area contributed by atoms with E-state index in [4.69, 9.17) is 0 Å². The summed E-state index contributed by atoms with van der Waals surface area (Å²) in [7, 11) is 0. The molecule has 0 aromatic heterocycles. The summed E-state index contributed by atoms with van der Waals surface area (Å²) in [5, 5.41) is 12.8. The molecule has 2 unspecified atom stereocenters. The van der Waals surface area contributed by atoms with E-state index in [0.717, 1.165) is 12.0 Å². The summed E-state index contributed by atoms with van der Waals surface area (Å²) in [5.74, 6) is 0.422. The molecule has 2 atom stereocenters. The van der Waals surface area contributed by atoms with E-state index in [9.17, 15) is 9.90 Å². The minimum Gasteiger partial charge on any atom is -0.507 e. The van der Waals surface area contributed by atoms with E-state index in [2.05, 4.69) is 12.2 Å². The minimum atomic E-state index is -0.157. The SMILES string of the molecule is Cc1ccc(O)c(C(=O)NC2CCCCC2C)c1. The van der Waals surface area contributed by atoms with Crippen LogP contribution in [-0.4, -0.2) is 17.1 Å². The molecule has 1 amide bonds. The monoisotopic (exact) mass is 247 g/mol. The number of aryl methyl sites for hydroxylation is 1. The van der Waals surface area contributed by atoms with Gasteiger partial charge in [0.2, 0.25) is 0 Å². The smallest absolute Gasteiger partial charge is 0.255 e. The predicted molar refractivity (Wildman–Crippen MR) is 71.7 cm³/mol. The summed E-state index contributed by atoms with van der Waals surface area (Å²) in [6.07, 6.45) is 4.64. The molecular weight excluding hydrogens is 226 g/mol. The van der Waals surface area contributed by atoms with Crippen LogP contribution in [0.2, 0.25) is 0 Å². The topological polar surface area (TPSA) is 49.3 Å². The van der Waals surface area contributed by atoms with E-state index in [1.807, 2.05) is 6.92 Å². The van der Waals surface area contributed by atoms with Gasteiger partial charge in [0.25, 0.3) is 5.91 Å². The van der Waals surface area contributed by atoms with E-state index in [0.29, 0.717) is 11.5 Å². The molecule has 3 nitrogen and oxygen atoms in total. The summed E-state index contributed by atoms with van der Waals surface area (Å²) in [6.45, 7) is 4.10. The second-order valence-corrected chi connectivity index (χ2v) is 5.36. The van der Waals surface area contributed by atoms with Crippen molar-refractivity contribution >= 4 is 5.91 Å². The number of hydrogen-bond donors (Lipinski definition) is 2. The standard InChI is InChI=1S/C15H21NO2/c1-10-7-8-14(17)12(9-10)15(18)16-13-6-4-3-5-11(13)2/h7-9,11,13,17H,3-6H2,1-2H3,(H,16,18). The van der Waals surface area contributed by atoms with Crippen LogP contribution in [0.4, 0.5) is 0 Å². The fourth-order valence-corrected chi connectivity index (χ4v) is 2.61. The van der Waals surface area contributed by atoms with Gasteiger partial charge in [0.15, 0.2) is 0 Å². The van der Waals surface area contributed by atoms with Crippen LogP contribution in [0.3, 0.4) is 0 Å². The third-order valence-electron chi connectivity index (χ3n) is 3.82. The molecule has 18 heavy (non-hydrogen) atoms. The van der Waals surface area contributed by atoms with Gasteiger partial charge in [-0.05, 0) is 37.8 Å². The van der Waals surface area contributed by atoms with Crippen molar-refractivity contribution in [3.8, 4) is 5.75 Å². The molecule has 1 saturated carbocycles. The number of phenols is 1. The van der Waals surface area contributed by atoms with E-state index in [-0.39, 0.29) is 17.7 Å². The molecule has 1 fully saturated rings. The lowest BCUT2D eigenvalue weighted by molar-refractivity contribution is 0.0907. The van der Waals surface area contributed by atoms with Crippen LogP contribution >= 0.6 is 0 Å². The Morgan fingerprint density at radius 1 is 1.33 bits per heavy atom. The summed E-state index contributed by atoms with van der Waals surface area (Å²) >= 11 is 0. The Kier molecular flexibility index (Phi) is 3.90. The first-order valence-corrected chi connectivity index (χ1v) is 6.68. The van der Waals surface area contributed by atoms with Crippen LogP contribution in [-0.2, 0) is 0 Å². The maximum atomic E-state index is 12.2. The van der Waals surface area contributed by atoms with Gasteiger partial charge in [0.1, 0.15) is 5.75 Å². The number of hydrogen-bond acceptors (Lipinski definition) is 2. The van der Waals surface area contributed by atoms with Crippen molar-refractivity contribution in [1.82, 2.24) is 5.32 Å². The first kappa shape index (κ1) is 12.9. The second kappa shape index (κ2) is 5.42. The fourth-order valence-electron chi connectivity index (χ4n) is 2.61. The van der Waals surface area contributed by atoms with Gasteiger partial charge in [-0.2, -0.15) is 0 Å². The van der Waals surface area contributed by atoms with E-state index < -0.39 is 0 Å². The lowest BCUT2D eigenvalue weighted by Crippen LogP contribution is -2.41. The maximum Gasteiger partial charge on any atom is 0.255 e. The third kappa shape index (κ3) is 2.84. The number of amides is 1. The number of rotatable bonds is 2. The molecule has 0 saturated heterocycles. The highest BCUT2D eigenvalue weighted by atomic mass is 16.3. The number of carbonyl (C=O) groups excluding carboxylic acids is 1. The van der Waals surface area contributed by atoms with Crippen LogP contribution in [0.15, 0.2) is 18.2 Å². The molecule has 0 heterocycles. The van der Waals surface area contributed by atoms with Gasteiger partial charge in [-0.25, -0.2) is 0 Å². The molecule has 1 aromatic carbocycles. The Morgan fingerprint density at radius 2 is 2.06 bits per heavy atom. The average Bonchev–Trinajstić information content (AvgIpc) is 2.35. The van der Waals surface area contributed by atoms with Crippen molar-refractivity contribution in [2.24, 2.45) is 5.92 Å². The van der Waals surface area contributed by atoms with Crippen molar-refractivity contribution in [2.75, 3.05) is 0 Å². The number of phenolic OH excluding ortho intramolecular Hbond substituents is 1. The van der Waals surface area contributed by atoms with Gasteiger partial charge < -0.3 is 10.4 Å². The fraction of sp³-hybridized carbons (Fsp3) is 0.533. The predicted octanol–water partition coefficient (Wildman–Crippen LogP) is 3.01. The molecule has 1 aliphatic carbocycles. The second-order valence-electron chi connectivity index (χ2n) is 5.36. The molecule has 0 bridgehead atoms. The highest BCUT2D eigenvalue weighted by Gasteiger charge is 2.24. The summed E-state index contributed by atoms with van der Waals surface area (Å²) in [5.41, 5.74) is 1.36. The van der Waals surface area contributed by atoms with Gasteiger partial charge in [-0.15, -0.1) is 0 Å². The quantitative estimate of drug-likeness (QED) is 0.844. The largest absolute Gasteiger partial charge is 0.507 e. The van der Waals surface area contributed by atoms with Crippen molar-refractivity contribution < 1.29 is 9.90 Å². The first-order chi connectivity index (χ1) is 8.58. The number of benzene rings is 1. The highest BCUT2D eigenvalue weighted by Crippen LogP contribution is 2.25. The molecule has 2 rings (SSSR count). The van der Waals surface area contributed by atoms with Gasteiger partial charge in [-0.1, -0.05) is 31.4 Å². The Labute approximate surface area is 108 Å². The molecule has 0 radical (unpaired) electrons. The molecule has 1 aromatic rings. The highest BCUT2D eigenvalue weighted by molar-refractivity contribution is 5.97. The minimum absolute atomic E-state index is 0.0570. The zero-order valence-corrected chi connectivity index (χ0v) is 11.1. The number of nitrogens with one attached hydrogen (secondary N) is 1. The summed E-state index contributed by atoms with van der Waals surface area (Å²) in [6, 6.07) is 5.35. The van der Waals surface area contributed by atoms with Crippen molar-refractivity contribution in [1.29, 1.82) is 0 Å². The lowest BCUT2D eigenvalue weighted by atomic mass is 9.86. The third-order valence-corrected chi connectivity index (χ3v) is 3.82. The van der Waals surface area contributed by atoms with Gasteiger partial charge in [0, 0.05) is 6.04 Å². The Morgan fingerprint density at radius 3 is 2.78 bits per heavy atom. The van der Waals surface area contributed by atoms with Crippen LogP contribution in [0, 0.1) is 12.8 Å². The molecule has 98 valence electrons. The molecule has 0 spiro atoms. The average molecular weight is 247 g/mol. The van der Waals surface area contributed by atoms with Gasteiger partial charge in [-0.3, -0.25) is 4.79 Å².